The number of Topliss-reactive ketones (excluding diaryl/α,β-unsaturated/α-hetero) is 1. The van der Waals surface area contributed by atoms with E-state index < -0.39 is 6.61 Å². The Labute approximate surface area is 185 Å². The van der Waals surface area contributed by atoms with Crippen LogP contribution < -0.4 is 4.90 Å². The van der Waals surface area contributed by atoms with Crippen molar-refractivity contribution < 1.29 is 14.8 Å². The van der Waals surface area contributed by atoms with Crippen LogP contribution in [0.2, 0.25) is 0 Å². The minimum Gasteiger partial charge on any atom is -0.388 e. The fourth-order valence-corrected chi connectivity index (χ4v) is 4.50. The SMILES string of the molecule is Cn1cc(CCCC2CCN(c3ncc(C(=O)CO)cn3)CC2)c2cc([N+](=O)[O-])ccc21. The van der Waals surface area contributed by atoms with Crippen LogP contribution in [-0.2, 0) is 13.5 Å². The molecule has 4 rings (SSSR count). The van der Waals surface area contributed by atoms with E-state index in [0.717, 1.165) is 61.7 Å². The number of aromatic nitrogens is 3. The van der Waals surface area contributed by atoms with Gasteiger partial charge in [0.2, 0.25) is 5.95 Å². The minimum absolute atomic E-state index is 0.133. The predicted molar refractivity (Wildman–Crippen MR) is 121 cm³/mol. The zero-order valence-corrected chi connectivity index (χ0v) is 18.1. The summed E-state index contributed by atoms with van der Waals surface area (Å²) in [6.45, 7) is 1.21. The number of non-ortho nitro benzene ring substituents is 1. The predicted octanol–water partition coefficient (Wildman–Crippen LogP) is 3.29. The Balaban J connectivity index is 1.30. The number of fused-ring (bicyclic) bond motifs is 1. The fourth-order valence-electron chi connectivity index (χ4n) is 4.50. The first-order valence-electron chi connectivity index (χ1n) is 10.9. The van der Waals surface area contributed by atoms with Gasteiger partial charge in [0.05, 0.1) is 10.5 Å². The standard InChI is InChI=1S/C23H27N5O4/c1-26-14-17(20-11-19(28(31)32)5-6-21(20)26)4-2-3-16-7-9-27(10-8-16)23-24-12-18(13-25-23)22(30)15-29/h5-6,11-14,16,29H,2-4,7-10,15H2,1H3. The van der Waals surface area contributed by atoms with Gasteiger partial charge in [0, 0.05) is 61.8 Å². The van der Waals surface area contributed by atoms with Crippen LogP contribution in [0.1, 0.15) is 41.6 Å². The molecule has 9 heteroatoms. The number of ketones is 1. The summed E-state index contributed by atoms with van der Waals surface area (Å²) in [5.74, 6) is 0.872. The Morgan fingerprint density at radius 3 is 2.62 bits per heavy atom. The van der Waals surface area contributed by atoms with Crippen LogP contribution in [-0.4, -0.2) is 50.0 Å². The Kier molecular flexibility index (Phi) is 6.45. The molecule has 0 saturated carbocycles. The number of carbonyl (C=O) groups excluding carboxylic acids is 1. The third-order valence-electron chi connectivity index (χ3n) is 6.33. The molecule has 0 spiro atoms. The number of nitro benzene ring substituents is 1. The first kappa shape index (κ1) is 21.9. The number of anilines is 1. The second kappa shape index (κ2) is 9.44. The van der Waals surface area contributed by atoms with Crippen LogP contribution in [0.25, 0.3) is 10.9 Å². The summed E-state index contributed by atoms with van der Waals surface area (Å²) in [6, 6.07) is 5.06. The first-order chi connectivity index (χ1) is 15.5. The second-order valence-corrected chi connectivity index (χ2v) is 8.40. The summed E-state index contributed by atoms with van der Waals surface area (Å²) >= 11 is 0. The number of benzene rings is 1. The smallest absolute Gasteiger partial charge is 0.270 e. The molecule has 3 heterocycles. The monoisotopic (exact) mass is 437 g/mol. The molecule has 168 valence electrons. The summed E-state index contributed by atoms with van der Waals surface area (Å²) in [5.41, 5.74) is 2.64. The molecule has 2 aromatic heterocycles. The van der Waals surface area contributed by atoms with Gasteiger partial charge in [0.15, 0.2) is 5.78 Å². The second-order valence-electron chi connectivity index (χ2n) is 8.40. The van der Waals surface area contributed by atoms with E-state index in [1.807, 2.05) is 17.7 Å². The van der Waals surface area contributed by atoms with E-state index in [1.165, 1.54) is 12.4 Å². The molecular weight excluding hydrogens is 410 g/mol. The fraction of sp³-hybridized carbons (Fsp3) is 0.435. The molecule has 1 aliphatic rings. The van der Waals surface area contributed by atoms with Crippen molar-refractivity contribution in [3.8, 4) is 0 Å². The molecule has 9 nitrogen and oxygen atoms in total. The van der Waals surface area contributed by atoms with E-state index in [0.29, 0.717) is 17.4 Å². The highest BCUT2D eigenvalue weighted by molar-refractivity contribution is 5.96. The number of nitrogens with zero attached hydrogens (tertiary/aromatic N) is 5. The highest BCUT2D eigenvalue weighted by atomic mass is 16.6. The largest absolute Gasteiger partial charge is 0.388 e. The Hall–Kier alpha value is -3.33. The normalized spacial score (nSPS) is 14.8. The summed E-state index contributed by atoms with van der Waals surface area (Å²) in [6.07, 6.45) is 10.2. The maximum atomic E-state index is 11.5. The third-order valence-corrected chi connectivity index (χ3v) is 6.33. The number of carbonyl (C=O) groups is 1. The van der Waals surface area contributed by atoms with Gasteiger partial charge in [-0.1, -0.05) is 0 Å². The topological polar surface area (TPSA) is 114 Å². The molecule has 0 bridgehead atoms. The number of aryl methyl sites for hydroxylation is 2. The highest BCUT2D eigenvalue weighted by Gasteiger charge is 2.21. The quantitative estimate of drug-likeness (QED) is 0.327. The number of hydrogen-bond acceptors (Lipinski definition) is 7. The van der Waals surface area contributed by atoms with Crippen molar-refractivity contribution in [2.75, 3.05) is 24.6 Å². The first-order valence-corrected chi connectivity index (χ1v) is 10.9. The van der Waals surface area contributed by atoms with Crippen molar-refractivity contribution in [1.82, 2.24) is 14.5 Å². The van der Waals surface area contributed by atoms with Gasteiger partial charge in [0.25, 0.3) is 5.69 Å². The van der Waals surface area contributed by atoms with Crippen LogP contribution in [0.3, 0.4) is 0 Å². The summed E-state index contributed by atoms with van der Waals surface area (Å²) < 4.78 is 2.03. The lowest BCUT2D eigenvalue weighted by atomic mass is 9.91. The van der Waals surface area contributed by atoms with Crippen molar-refractivity contribution in [2.24, 2.45) is 13.0 Å². The van der Waals surface area contributed by atoms with Crippen LogP contribution in [0, 0.1) is 16.0 Å². The van der Waals surface area contributed by atoms with Gasteiger partial charge in [-0.25, -0.2) is 9.97 Å². The van der Waals surface area contributed by atoms with Crippen molar-refractivity contribution >= 4 is 28.3 Å². The number of aliphatic hydroxyl groups is 1. The van der Waals surface area contributed by atoms with Crippen LogP contribution in [0.4, 0.5) is 11.6 Å². The van der Waals surface area contributed by atoms with Crippen LogP contribution >= 0.6 is 0 Å². The minimum atomic E-state index is -0.538. The van der Waals surface area contributed by atoms with Crippen molar-refractivity contribution in [1.29, 1.82) is 0 Å². The van der Waals surface area contributed by atoms with Gasteiger partial charge in [0.1, 0.15) is 6.61 Å². The number of nitro groups is 1. The van der Waals surface area contributed by atoms with E-state index >= 15 is 0 Å². The van der Waals surface area contributed by atoms with Gasteiger partial charge < -0.3 is 14.6 Å². The maximum absolute atomic E-state index is 11.5. The number of hydrogen-bond donors (Lipinski definition) is 1. The molecule has 1 saturated heterocycles. The zero-order valence-electron chi connectivity index (χ0n) is 18.1. The van der Waals surface area contributed by atoms with Gasteiger partial charge in [-0.15, -0.1) is 0 Å². The maximum Gasteiger partial charge on any atom is 0.270 e. The Bertz CT molecular complexity index is 1120. The van der Waals surface area contributed by atoms with E-state index in [9.17, 15) is 14.9 Å². The molecule has 32 heavy (non-hydrogen) atoms. The van der Waals surface area contributed by atoms with Crippen molar-refractivity contribution in [3.63, 3.8) is 0 Å². The Morgan fingerprint density at radius 1 is 1.25 bits per heavy atom. The molecule has 1 aromatic carbocycles. The molecule has 1 fully saturated rings. The summed E-state index contributed by atoms with van der Waals surface area (Å²) in [4.78, 5) is 33.0. The lowest BCUT2D eigenvalue weighted by Crippen LogP contribution is -2.35. The lowest BCUT2D eigenvalue weighted by Gasteiger charge is -2.32. The molecule has 0 radical (unpaired) electrons. The molecule has 0 aliphatic carbocycles. The van der Waals surface area contributed by atoms with Crippen molar-refractivity contribution in [2.45, 2.75) is 32.1 Å². The molecular formula is C23H27N5O4. The molecule has 1 aliphatic heterocycles. The summed E-state index contributed by atoms with van der Waals surface area (Å²) in [5, 5.41) is 21.0. The zero-order chi connectivity index (χ0) is 22.7. The van der Waals surface area contributed by atoms with Gasteiger partial charge >= 0.3 is 0 Å². The number of rotatable bonds is 8. The molecule has 1 N–H and O–H groups in total. The Morgan fingerprint density at radius 2 is 1.97 bits per heavy atom. The number of aliphatic hydroxyl groups excluding tert-OH is 1. The molecule has 0 amide bonds. The lowest BCUT2D eigenvalue weighted by molar-refractivity contribution is -0.384. The van der Waals surface area contributed by atoms with E-state index in [2.05, 4.69) is 21.1 Å². The highest BCUT2D eigenvalue weighted by Crippen LogP contribution is 2.29. The average molecular weight is 438 g/mol. The van der Waals surface area contributed by atoms with Gasteiger partial charge in [-0.2, -0.15) is 0 Å². The molecule has 3 aromatic rings. The van der Waals surface area contributed by atoms with E-state index in [4.69, 9.17) is 5.11 Å². The van der Waals surface area contributed by atoms with Gasteiger partial charge in [-0.3, -0.25) is 14.9 Å². The third kappa shape index (κ3) is 4.62. The van der Waals surface area contributed by atoms with E-state index in [-0.39, 0.29) is 16.4 Å². The van der Waals surface area contributed by atoms with Crippen molar-refractivity contribution in [3.05, 3.63) is 58.0 Å². The number of piperidine rings is 1. The van der Waals surface area contributed by atoms with Crippen LogP contribution in [0.15, 0.2) is 36.8 Å². The summed E-state index contributed by atoms with van der Waals surface area (Å²) in [7, 11) is 1.97. The van der Waals surface area contributed by atoms with Crippen LogP contribution in [0.5, 0.6) is 0 Å². The molecule has 0 atom stereocenters. The average Bonchev–Trinajstić information content (AvgIpc) is 3.14. The van der Waals surface area contributed by atoms with E-state index in [1.54, 1.807) is 12.1 Å². The van der Waals surface area contributed by atoms with Gasteiger partial charge in [-0.05, 0) is 49.7 Å². The molecule has 0 unspecified atom stereocenters.